The Morgan fingerprint density at radius 1 is 0.938 bits per heavy atom. The van der Waals surface area contributed by atoms with E-state index in [1.807, 2.05) is 60.8 Å². The first-order valence-corrected chi connectivity index (χ1v) is 10.9. The van der Waals surface area contributed by atoms with Crippen molar-refractivity contribution < 1.29 is 8.78 Å². The molecule has 0 aliphatic carbocycles. The number of thioether (sulfide) groups is 1. The average Bonchev–Trinajstić information content (AvgIpc) is 3.37. The van der Waals surface area contributed by atoms with Crippen LogP contribution in [0.2, 0.25) is 0 Å². The van der Waals surface area contributed by atoms with E-state index in [1.165, 1.54) is 23.9 Å². The highest BCUT2D eigenvalue weighted by Gasteiger charge is 2.19. The van der Waals surface area contributed by atoms with Crippen molar-refractivity contribution in [2.75, 3.05) is 0 Å². The molecule has 0 aliphatic heterocycles. The van der Waals surface area contributed by atoms with Gasteiger partial charge in [0.05, 0.1) is 11.4 Å². The van der Waals surface area contributed by atoms with Gasteiger partial charge in [0.2, 0.25) is 5.78 Å². The van der Waals surface area contributed by atoms with Crippen LogP contribution in [0.25, 0.3) is 22.9 Å². The van der Waals surface area contributed by atoms with Crippen molar-refractivity contribution in [3.63, 3.8) is 0 Å². The van der Waals surface area contributed by atoms with E-state index in [-0.39, 0.29) is 5.69 Å². The molecule has 0 fully saturated rings. The Morgan fingerprint density at radius 3 is 2.53 bits per heavy atom. The second-order valence-corrected chi connectivity index (χ2v) is 8.28. The zero-order valence-corrected chi connectivity index (χ0v) is 18.1. The molecule has 0 amide bonds. The molecule has 0 spiro atoms. The quantitative estimate of drug-likeness (QED) is 0.348. The van der Waals surface area contributed by atoms with Gasteiger partial charge in [0.25, 0.3) is 0 Å². The Bertz CT molecular complexity index is 1430. The van der Waals surface area contributed by atoms with Gasteiger partial charge in [-0.05, 0) is 32.0 Å². The molecule has 5 rings (SSSR count). The third-order valence-electron chi connectivity index (χ3n) is 4.98. The van der Waals surface area contributed by atoms with Gasteiger partial charge < -0.3 is 0 Å². The van der Waals surface area contributed by atoms with Crippen LogP contribution < -0.4 is 0 Å². The van der Waals surface area contributed by atoms with E-state index < -0.39 is 11.6 Å². The summed E-state index contributed by atoms with van der Waals surface area (Å²) >= 11 is 1.37. The van der Waals surface area contributed by atoms with Crippen molar-refractivity contribution in [1.82, 2.24) is 29.1 Å². The van der Waals surface area contributed by atoms with Crippen molar-refractivity contribution in [3.05, 3.63) is 89.5 Å². The zero-order chi connectivity index (χ0) is 22.2. The Morgan fingerprint density at radius 2 is 1.75 bits per heavy atom. The van der Waals surface area contributed by atoms with Gasteiger partial charge in [0, 0.05) is 35.0 Å². The van der Waals surface area contributed by atoms with E-state index in [1.54, 1.807) is 4.57 Å². The number of aromatic nitrogens is 6. The molecular formula is C23H18F2N6S. The van der Waals surface area contributed by atoms with Crippen LogP contribution in [0.4, 0.5) is 8.78 Å². The third kappa shape index (κ3) is 3.75. The van der Waals surface area contributed by atoms with Crippen LogP contribution in [-0.4, -0.2) is 29.1 Å². The summed E-state index contributed by atoms with van der Waals surface area (Å²) in [5, 5.41) is 9.08. The molecule has 32 heavy (non-hydrogen) atoms. The standard InChI is InChI=1S/C23H18F2N6S/c1-14-10-15(2)30-12-18(27-22(30)26-14)13-32-23-29-28-21(16-6-4-3-5-7-16)31(23)20-9-8-17(24)11-19(20)25/h3-12H,13H2,1-2H3. The van der Waals surface area contributed by atoms with Crippen LogP contribution in [0.1, 0.15) is 17.1 Å². The van der Waals surface area contributed by atoms with Gasteiger partial charge in [-0.15, -0.1) is 10.2 Å². The fraction of sp³-hybridized carbons (Fsp3) is 0.130. The van der Waals surface area contributed by atoms with Crippen molar-refractivity contribution in [3.8, 4) is 17.1 Å². The van der Waals surface area contributed by atoms with E-state index in [0.29, 0.717) is 22.5 Å². The molecule has 0 bridgehead atoms. The molecular weight excluding hydrogens is 430 g/mol. The van der Waals surface area contributed by atoms with Crippen LogP contribution in [0.15, 0.2) is 66.0 Å². The van der Waals surface area contributed by atoms with Gasteiger partial charge in [-0.1, -0.05) is 42.1 Å². The summed E-state index contributed by atoms with van der Waals surface area (Å²) in [6.45, 7) is 3.93. The normalized spacial score (nSPS) is 11.4. The molecule has 9 heteroatoms. The van der Waals surface area contributed by atoms with Crippen LogP contribution in [0.5, 0.6) is 0 Å². The van der Waals surface area contributed by atoms with Crippen molar-refractivity contribution in [2.45, 2.75) is 24.8 Å². The van der Waals surface area contributed by atoms with E-state index in [2.05, 4.69) is 20.2 Å². The molecule has 0 saturated heterocycles. The number of fused-ring (bicyclic) bond motifs is 1. The lowest BCUT2D eigenvalue weighted by atomic mass is 10.2. The van der Waals surface area contributed by atoms with Gasteiger partial charge >= 0.3 is 0 Å². The van der Waals surface area contributed by atoms with Crippen LogP contribution >= 0.6 is 11.8 Å². The van der Waals surface area contributed by atoms with Gasteiger partial charge in [-0.3, -0.25) is 8.97 Å². The smallest absolute Gasteiger partial charge is 0.234 e. The molecule has 0 N–H and O–H groups in total. The zero-order valence-electron chi connectivity index (χ0n) is 17.3. The number of nitrogens with zero attached hydrogens (tertiary/aromatic N) is 6. The van der Waals surface area contributed by atoms with Crippen molar-refractivity contribution in [1.29, 1.82) is 0 Å². The first-order chi connectivity index (χ1) is 15.5. The first kappa shape index (κ1) is 20.3. The number of benzene rings is 2. The average molecular weight is 449 g/mol. The number of halogens is 2. The lowest BCUT2D eigenvalue weighted by Crippen LogP contribution is -2.03. The van der Waals surface area contributed by atoms with Crippen molar-refractivity contribution >= 4 is 17.5 Å². The summed E-state index contributed by atoms with van der Waals surface area (Å²) in [6, 6.07) is 14.8. The summed E-state index contributed by atoms with van der Waals surface area (Å²) in [7, 11) is 0. The number of hydrogen-bond donors (Lipinski definition) is 0. The molecule has 2 aromatic carbocycles. The Balaban J connectivity index is 1.54. The molecule has 0 saturated carbocycles. The molecule has 0 radical (unpaired) electrons. The SMILES string of the molecule is Cc1cc(C)n2cc(CSc3nnc(-c4ccccc4)n3-c3ccc(F)cc3F)nc2n1. The van der Waals surface area contributed by atoms with Crippen LogP contribution in [0, 0.1) is 25.5 Å². The molecule has 3 heterocycles. The van der Waals surface area contributed by atoms with E-state index in [0.717, 1.165) is 28.7 Å². The van der Waals surface area contributed by atoms with Crippen LogP contribution in [0.3, 0.4) is 0 Å². The molecule has 5 aromatic rings. The molecule has 0 aliphatic rings. The fourth-order valence-corrected chi connectivity index (χ4v) is 4.37. The summed E-state index contributed by atoms with van der Waals surface area (Å²) in [5.41, 5.74) is 3.71. The predicted molar refractivity (Wildman–Crippen MR) is 119 cm³/mol. The number of rotatable bonds is 5. The molecule has 0 atom stereocenters. The minimum absolute atomic E-state index is 0.181. The minimum atomic E-state index is -0.688. The Hall–Kier alpha value is -3.59. The molecule has 160 valence electrons. The Labute approximate surface area is 187 Å². The van der Waals surface area contributed by atoms with Gasteiger partial charge in [-0.2, -0.15) is 0 Å². The summed E-state index contributed by atoms with van der Waals surface area (Å²) in [5.74, 6) is 0.262. The largest absolute Gasteiger partial charge is 0.288 e. The van der Waals surface area contributed by atoms with Crippen LogP contribution in [-0.2, 0) is 5.75 Å². The van der Waals surface area contributed by atoms with E-state index in [9.17, 15) is 8.78 Å². The second-order valence-electron chi connectivity index (χ2n) is 7.33. The predicted octanol–water partition coefficient (Wildman–Crippen LogP) is 5.16. The molecule has 3 aromatic heterocycles. The first-order valence-electron chi connectivity index (χ1n) is 9.91. The van der Waals surface area contributed by atoms with E-state index in [4.69, 9.17) is 0 Å². The van der Waals surface area contributed by atoms with E-state index >= 15 is 0 Å². The maximum Gasteiger partial charge on any atom is 0.234 e. The highest BCUT2D eigenvalue weighted by molar-refractivity contribution is 7.98. The Kier molecular flexibility index (Phi) is 5.18. The highest BCUT2D eigenvalue weighted by Crippen LogP contribution is 2.31. The lowest BCUT2D eigenvalue weighted by molar-refractivity contribution is 0.575. The maximum atomic E-state index is 14.7. The maximum absolute atomic E-state index is 14.7. The van der Waals surface area contributed by atoms with Gasteiger partial charge in [0.15, 0.2) is 11.0 Å². The van der Waals surface area contributed by atoms with Gasteiger partial charge in [-0.25, -0.2) is 18.7 Å². The molecule has 6 nitrogen and oxygen atoms in total. The number of aryl methyl sites for hydroxylation is 2. The molecule has 0 unspecified atom stereocenters. The second kappa shape index (κ2) is 8.16. The fourth-order valence-electron chi connectivity index (χ4n) is 3.54. The monoisotopic (exact) mass is 448 g/mol. The lowest BCUT2D eigenvalue weighted by Gasteiger charge is -2.11. The summed E-state index contributed by atoms with van der Waals surface area (Å²) < 4.78 is 31.8. The minimum Gasteiger partial charge on any atom is -0.288 e. The third-order valence-corrected chi connectivity index (χ3v) is 5.94. The highest BCUT2D eigenvalue weighted by atomic mass is 32.2. The summed E-state index contributed by atoms with van der Waals surface area (Å²) in [4.78, 5) is 9.06. The number of hydrogen-bond acceptors (Lipinski definition) is 5. The topological polar surface area (TPSA) is 60.9 Å². The number of imidazole rings is 1. The van der Waals surface area contributed by atoms with Gasteiger partial charge in [0.1, 0.15) is 11.6 Å². The summed E-state index contributed by atoms with van der Waals surface area (Å²) in [6.07, 6.45) is 1.93. The van der Waals surface area contributed by atoms with Crippen molar-refractivity contribution in [2.24, 2.45) is 0 Å².